The maximum absolute atomic E-state index is 15.2. The van der Waals surface area contributed by atoms with Crippen LogP contribution in [0.4, 0.5) is 8.63 Å². The highest BCUT2D eigenvalue weighted by Gasteiger charge is 2.33. The van der Waals surface area contributed by atoms with Crippen LogP contribution in [-0.4, -0.2) is 22.6 Å². The van der Waals surface area contributed by atoms with E-state index in [0.29, 0.717) is 17.8 Å². The summed E-state index contributed by atoms with van der Waals surface area (Å²) in [5, 5.41) is 1.01. The Morgan fingerprint density at radius 3 is 2.33 bits per heavy atom. The quantitative estimate of drug-likeness (QED) is 0.146. The van der Waals surface area contributed by atoms with Gasteiger partial charge in [-0.15, -0.1) is 0 Å². The highest BCUT2D eigenvalue weighted by atomic mass is 127. The van der Waals surface area contributed by atoms with E-state index in [1.807, 2.05) is 87.5 Å². The van der Waals surface area contributed by atoms with Crippen molar-refractivity contribution >= 4 is 64.3 Å². The fourth-order valence-electron chi connectivity index (χ4n) is 5.85. The normalized spacial score (nSPS) is 14.9. The summed E-state index contributed by atoms with van der Waals surface area (Å²) in [6, 6.07) is 17.9. The minimum absolute atomic E-state index is 0.512. The number of para-hydroxylation sites is 1. The molecule has 0 spiro atoms. The molecule has 3 nitrogen and oxygen atoms in total. The number of rotatable bonds is 7. The molecule has 0 aliphatic carbocycles. The first-order chi connectivity index (χ1) is 19.3. The second-order valence-corrected chi connectivity index (χ2v) is 11.2. The summed E-state index contributed by atoms with van der Waals surface area (Å²) in [6.07, 6.45) is 6.95. The Balaban J connectivity index is 1.81. The average molecular weight is 645 g/mol. The van der Waals surface area contributed by atoms with Gasteiger partial charge < -0.3 is 4.48 Å². The topological polar surface area (TPSA) is 30.2 Å². The monoisotopic (exact) mass is 645 g/mol. The van der Waals surface area contributed by atoms with Crippen LogP contribution in [0.5, 0.6) is 0 Å². The van der Waals surface area contributed by atoms with Gasteiger partial charge in [-0.1, -0.05) is 56.3 Å². The van der Waals surface area contributed by atoms with Crippen molar-refractivity contribution in [3.63, 3.8) is 0 Å². The Bertz CT molecular complexity index is 1720. The van der Waals surface area contributed by atoms with Crippen molar-refractivity contribution in [2.45, 2.75) is 47.5 Å². The van der Waals surface area contributed by atoms with Gasteiger partial charge in [-0.3, -0.25) is 18.6 Å². The van der Waals surface area contributed by atoms with Gasteiger partial charge in [0.25, 0.3) is 0 Å². The molecule has 0 bridgehead atoms. The molecule has 1 aliphatic rings. The van der Waals surface area contributed by atoms with Crippen molar-refractivity contribution in [1.82, 2.24) is 9.46 Å². The summed E-state index contributed by atoms with van der Waals surface area (Å²) in [5.74, 6) is 0. The molecular weight excluding hydrogens is 614 g/mol. The number of aromatic nitrogens is 2. The molecule has 2 aromatic heterocycles. The molecular formula is C33H31BF2IN3. The lowest BCUT2D eigenvalue weighted by Crippen LogP contribution is -2.18. The van der Waals surface area contributed by atoms with Gasteiger partial charge in [0.1, 0.15) is 0 Å². The van der Waals surface area contributed by atoms with Gasteiger partial charge in [-0.05, 0) is 108 Å². The Morgan fingerprint density at radius 1 is 0.950 bits per heavy atom. The Hall–Kier alpha value is -3.33. The maximum Gasteiger partial charge on any atom is 0.678 e. The molecule has 2 aromatic carbocycles. The zero-order valence-electron chi connectivity index (χ0n) is 23.4. The Kier molecular flexibility index (Phi) is 8.22. The molecule has 0 N–H and O–H groups in total. The number of halogens is 3. The first-order valence-electron chi connectivity index (χ1n) is 13.6. The zero-order valence-corrected chi connectivity index (χ0v) is 25.6. The predicted molar refractivity (Wildman–Crippen MR) is 174 cm³/mol. The summed E-state index contributed by atoms with van der Waals surface area (Å²) in [5.41, 5.74) is 10.1. The maximum atomic E-state index is 15.2. The molecule has 0 unspecified atom stereocenters. The third-order valence-electron chi connectivity index (χ3n) is 7.74. The SMILES string of the molecule is CCC1=C(C)/C(=C(\c2ccc(I)cc2)c2c(C)c(CC)c(/C=C/c3cccc4cccnc34)n2B(F)F)N=C1C. The van der Waals surface area contributed by atoms with E-state index in [1.165, 1.54) is 10.1 Å². The van der Waals surface area contributed by atoms with Gasteiger partial charge in [-0.25, -0.2) is 0 Å². The Morgan fingerprint density at radius 2 is 1.68 bits per heavy atom. The van der Waals surface area contributed by atoms with E-state index in [9.17, 15) is 0 Å². The van der Waals surface area contributed by atoms with Crippen molar-refractivity contribution in [1.29, 1.82) is 0 Å². The molecule has 5 rings (SSSR count). The number of fused-ring (bicyclic) bond motifs is 1. The first-order valence-corrected chi connectivity index (χ1v) is 14.6. The third-order valence-corrected chi connectivity index (χ3v) is 8.45. The molecule has 7 heteroatoms. The van der Waals surface area contributed by atoms with E-state index < -0.39 is 7.40 Å². The van der Waals surface area contributed by atoms with Gasteiger partial charge in [0.2, 0.25) is 0 Å². The molecule has 0 saturated carbocycles. The number of hydrogen-bond donors (Lipinski definition) is 0. The molecule has 202 valence electrons. The number of benzene rings is 2. The molecule has 40 heavy (non-hydrogen) atoms. The summed E-state index contributed by atoms with van der Waals surface area (Å²) in [6.45, 7) is 10.2. The minimum Gasteiger partial charge on any atom is -0.325 e. The number of allylic oxidation sites excluding steroid dienone is 2. The predicted octanol–water partition coefficient (Wildman–Crippen LogP) is 9.41. The summed E-state index contributed by atoms with van der Waals surface area (Å²) < 4.78 is 32.7. The van der Waals surface area contributed by atoms with Crippen LogP contribution in [0, 0.1) is 10.5 Å². The van der Waals surface area contributed by atoms with Gasteiger partial charge in [0.05, 0.1) is 11.2 Å². The third kappa shape index (κ3) is 5.00. The lowest BCUT2D eigenvalue weighted by atomic mass is 9.92. The fourth-order valence-corrected chi connectivity index (χ4v) is 6.21. The van der Waals surface area contributed by atoms with E-state index in [2.05, 4.69) is 41.4 Å². The highest BCUT2D eigenvalue weighted by Crippen LogP contribution is 2.41. The van der Waals surface area contributed by atoms with E-state index in [0.717, 1.165) is 65.7 Å². The molecule has 0 atom stereocenters. The van der Waals surface area contributed by atoms with E-state index in [4.69, 9.17) is 4.99 Å². The highest BCUT2D eigenvalue weighted by molar-refractivity contribution is 14.1. The average Bonchev–Trinajstić information content (AvgIpc) is 3.39. The van der Waals surface area contributed by atoms with Crippen molar-refractivity contribution in [3.05, 3.63) is 115 Å². The van der Waals surface area contributed by atoms with E-state index in [-0.39, 0.29) is 0 Å². The van der Waals surface area contributed by atoms with Crippen molar-refractivity contribution in [2.24, 2.45) is 4.99 Å². The van der Waals surface area contributed by atoms with Crippen LogP contribution >= 0.6 is 22.6 Å². The molecule has 0 saturated heterocycles. The molecule has 0 radical (unpaired) electrons. The van der Waals surface area contributed by atoms with Gasteiger partial charge in [0, 0.05) is 43.4 Å². The number of hydrogen-bond acceptors (Lipinski definition) is 2. The molecule has 1 aliphatic heterocycles. The van der Waals surface area contributed by atoms with Crippen LogP contribution in [0.15, 0.2) is 82.6 Å². The summed E-state index contributed by atoms with van der Waals surface area (Å²) in [4.78, 5) is 9.51. The molecule has 4 aromatic rings. The van der Waals surface area contributed by atoms with Crippen LogP contribution in [-0.2, 0) is 6.42 Å². The zero-order chi connectivity index (χ0) is 28.6. The second-order valence-electron chi connectivity index (χ2n) is 9.98. The van der Waals surface area contributed by atoms with Gasteiger partial charge in [0.15, 0.2) is 0 Å². The van der Waals surface area contributed by atoms with Gasteiger partial charge in [-0.2, -0.15) is 0 Å². The first kappa shape index (κ1) is 28.2. The Labute approximate surface area is 248 Å². The van der Waals surface area contributed by atoms with Crippen molar-refractivity contribution in [3.8, 4) is 0 Å². The van der Waals surface area contributed by atoms with Crippen LogP contribution in [0.1, 0.15) is 67.8 Å². The van der Waals surface area contributed by atoms with E-state index in [1.54, 1.807) is 6.20 Å². The molecule has 0 fully saturated rings. The lowest BCUT2D eigenvalue weighted by Gasteiger charge is -2.17. The minimum atomic E-state index is -2.74. The summed E-state index contributed by atoms with van der Waals surface area (Å²) >= 11 is 2.27. The van der Waals surface area contributed by atoms with Crippen LogP contribution in [0.25, 0.3) is 28.6 Å². The fraction of sp³-hybridized carbons (Fsp3) is 0.212. The van der Waals surface area contributed by atoms with Crippen LogP contribution < -0.4 is 0 Å². The van der Waals surface area contributed by atoms with Gasteiger partial charge >= 0.3 is 7.40 Å². The lowest BCUT2D eigenvalue weighted by molar-refractivity contribution is 0.626. The largest absolute Gasteiger partial charge is 0.678 e. The summed E-state index contributed by atoms with van der Waals surface area (Å²) in [7, 11) is -2.74. The van der Waals surface area contributed by atoms with Crippen molar-refractivity contribution < 1.29 is 8.63 Å². The number of aliphatic imine (C=N–C) groups is 1. The van der Waals surface area contributed by atoms with Crippen LogP contribution in [0.2, 0.25) is 0 Å². The van der Waals surface area contributed by atoms with Crippen molar-refractivity contribution in [2.75, 3.05) is 0 Å². The van der Waals surface area contributed by atoms with E-state index >= 15 is 8.63 Å². The molecule has 3 heterocycles. The molecule has 0 amide bonds. The smallest absolute Gasteiger partial charge is 0.325 e. The van der Waals surface area contributed by atoms with Crippen LogP contribution in [0.3, 0.4) is 0 Å². The standard InChI is InChI=1S/C33H31BF2IN3/c1-6-27-20(3)31(39-22(27)5)30(23-13-16-26(37)17-14-23)33-21(4)28(7-2)29(40(33)34(35)36)18-15-25-11-8-10-24-12-9-19-38-32(24)25/h8-19H,6-7H2,1-5H3/b18-15+,31-30-. The number of nitrogens with zero attached hydrogens (tertiary/aromatic N) is 3. The number of pyridine rings is 1. The second kappa shape index (κ2) is 11.7.